The molecular formula is C12H23N2O3PS2. The van der Waals surface area contributed by atoms with Crippen LogP contribution in [0.25, 0.3) is 0 Å². The van der Waals surface area contributed by atoms with E-state index in [1.807, 2.05) is 13.8 Å². The number of hydrogen-bond acceptors (Lipinski definition) is 6. The molecule has 0 amide bonds. The highest BCUT2D eigenvalue weighted by Crippen LogP contribution is 2.61. The Morgan fingerprint density at radius 2 is 2.15 bits per heavy atom. The number of thioether (sulfide) groups is 1. The average molecular weight is 338 g/mol. The molecule has 116 valence electrons. The van der Waals surface area contributed by atoms with E-state index in [9.17, 15) is 4.57 Å². The molecule has 0 fully saturated rings. The zero-order valence-corrected chi connectivity index (χ0v) is 15.2. The van der Waals surface area contributed by atoms with Crippen LogP contribution < -0.4 is 0 Å². The lowest BCUT2D eigenvalue weighted by molar-refractivity contribution is 0.236. The highest BCUT2D eigenvalue weighted by molar-refractivity contribution is 8.55. The van der Waals surface area contributed by atoms with Gasteiger partial charge in [0.25, 0.3) is 0 Å². The second kappa shape index (κ2) is 7.87. The molecular weight excluding hydrogens is 315 g/mol. The average Bonchev–Trinajstić information content (AvgIpc) is 2.71. The Morgan fingerprint density at radius 1 is 1.45 bits per heavy atom. The van der Waals surface area contributed by atoms with Gasteiger partial charge in [0, 0.05) is 11.5 Å². The smallest absolute Gasteiger partial charge is 0.303 e. The summed E-state index contributed by atoms with van der Waals surface area (Å²) in [5, 5.41) is 4.46. The molecule has 2 unspecified atom stereocenters. The van der Waals surface area contributed by atoms with Gasteiger partial charge in [-0.05, 0) is 50.2 Å². The van der Waals surface area contributed by atoms with Gasteiger partial charge in [-0.25, -0.2) is 9.56 Å². The van der Waals surface area contributed by atoms with Gasteiger partial charge in [-0.15, -0.1) is 0 Å². The van der Waals surface area contributed by atoms with E-state index in [-0.39, 0.29) is 4.75 Å². The quantitative estimate of drug-likeness (QED) is 0.463. The van der Waals surface area contributed by atoms with Crippen molar-refractivity contribution in [2.45, 2.75) is 52.2 Å². The van der Waals surface area contributed by atoms with Gasteiger partial charge < -0.3 is 4.62 Å². The zero-order valence-electron chi connectivity index (χ0n) is 12.7. The van der Waals surface area contributed by atoms with E-state index in [1.54, 1.807) is 6.92 Å². The lowest BCUT2D eigenvalue weighted by atomic mass is 10.0. The van der Waals surface area contributed by atoms with Crippen LogP contribution in [0.2, 0.25) is 0 Å². The second-order valence-corrected chi connectivity index (χ2v) is 10.1. The van der Waals surface area contributed by atoms with Crippen molar-refractivity contribution in [2.24, 2.45) is 10.1 Å². The molecule has 0 saturated heterocycles. The highest BCUT2D eigenvalue weighted by Gasteiger charge is 2.35. The summed E-state index contributed by atoms with van der Waals surface area (Å²) in [4.78, 5) is 4.37. The summed E-state index contributed by atoms with van der Waals surface area (Å²) in [5.41, 5.74) is 1.01. The maximum atomic E-state index is 12.4. The fourth-order valence-corrected chi connectivity index (χ4v) is 5.58. The molecule has 1 heterocycles. The topological polar surface area (TPSA) is 60.2 Å². The first-order valence-corrected chi connectivity index (χ1v) is 10.7. The molecule has 8 heteroatoms. The van der Waals surface area contributed by atoms with E-state index in [0.717, 1.165) is 18.6 Å². The largest absolute Gasteiger partial charge is 0.460 e. The molecule has 0 spiro atoms. The maximum Gasteiger partial charge on any atom is 0.460 e. The van der Waals surface area contributed by atoms with E-state index in [4.69, 9.17) is 9.15 Å². The Kier molecular flexibility index (Phi) is 7.12. The van der Waals surface area contributed by atoms with Crippen molar-refractivity contribution in [1.29, 1.82) is 0 Å². The van der Waals surface area contributed by atoms with Crippen molar-refractivity contribution < 1.29 is 13.7 Å². The number of aliphatic imine (C=N–C) groups is 1. The summed E-state index contributed by atoms with van der Waals surface area (Å²) in [5.74, 6) is 0.713. The summed E-state index contributed by atoms with van der Waals surface area (Å²) in [7, 11) is 0. The van der Waals surface area contributed by atoms with Gasteiger partial charge in [0.05, 0.1) is 11.4 Å². The van der Waals surface area contributed by atoms with Crippen LogP contribution in [0.15, 0.2) is 10.1 Å². The molecule has 1 aliphatic rings. The van der Waals surface area contributed by atoms with Gasteiger partial charge in [0.1, 0.15) is 0 Å². The Morgan fingerprint density at radius 3 is 2.65 bits per heavy atom. The Hall–Kier alpha value is 0.0300. The lowest BCUT2D eigenvalue weighted by Crippen LogP contribution is -2.24. The molecule has 0 radical (unpaired) electrons. The van der Waals surface area contributed by atoms with Crippen LogP contribution in [0.5, 0.6) is 0 Å². The Labute approximate surface area is 129 Å². The van der Waals surface area contributed by atoms with Crippen molar-refractivity contribution in [3.63, 3.8) is 0 Å². The second-order valence-electron chi connectivity index (χ2n) is 4.54. The van der Waals surface area contributed by atoms with Crippen LogP contribution in [-0.4, -0.2) is 28.0 Å². The van der Waals surface area contributed by atoms with Crippen LogP contribution in [0.4, 0.5) is 0 Å². The number of hydrogen-bond donors (Lipinski definition) is 0. The van der Waals surface area contributed by atoms with Crippen LogP contribution in [0.3, 0.4) is 0 Å². The molecule has 0 saturated carbocycles. The van der Waals surface area contributed by atoms with Crippen LogP contribution in [0, 0.1) is 0 Å². The molecule has 0 N–H and O–H groups in total. The maximum absolute atomic E-state index is 12.4. The van der Waals surface area contributed by atoms with Gasteiger partial charge >= 0.3 is 6.80 Å². The molecule has 1 rings (SSSR count). The number of oxime groups is 1. The number of rotatable bonds is 8. The first kappa shape index (κ1) is 18.1. The molecule has 0 bridgehead atoms. The predicted octanol–water partition coefficient (Wildman–Crippen LogP) is 4.94. The molecule has 2 atom stereocenters. The summed E-state index contributed by atoms with van der Waals surface area (Å²) >= 11 is 2.72. The molecule has 5 nitrogen and oxygen atoms in total. The lowest BCUT2D eigenvalue weighted by Gasteiger charge is -2.19. The molecule has 20 heavy (non-hydrogen) atoms. The van der Waals surface area contributed by atoms with Crippen LogP contribution in [0.1, 0.15) is 47.5 Å². The van der Waals surface area contributed by atoms with Crippen molar-refractivity contribution in [3.8, 4) is 0 Å². The first-order valence-electron chi connectivity index (χ1n) is 6.79. The normalized spacial score (nSPS) is 27.4. The SMILES string of the molecule is CCCSP(=O)(OCC)O/N=C1\N=C(C)C(C)(CC)S1. The minimum absolute atomic E-state index is 0.0473. The minimum atomic E-state index is -3.21. The molecule has 0 aromatic heterocycles. The zero-order chi connectivity index (χ0) is 15.2. The van der Waals surface area contributed by atoms with E-state index >= 15 is 0 Å². The van der Waals surface area contributed by atoms with E-state index in [1.165, 1.54) is 23.1 Å². The third-order valence-corrected chi connectivity index (χ3v) is 8.14. The van der Waals surface area contributed by atoms with Crippen molar-refractivity contribution in [3.05, 3.63) is 0 Å². The summed E-state index contributed by atoms with van der Waals surface area (Å²) in [6.45, 7) is 7.13. The minimum Gasteiger partial charge on any atom is -0.303 e. The number of nitrogens with zero attached hydrogens (tertiary/aromatic N) is 2. The number of amidine groups is 1. The molecule has 1 aliphatic heterocycles. The Bertz CT molecular complexity index is 442. The fraction of sp³-hybridized carbons (Fsp3) is 0.833. The van der Waals surface area contributed by atoms with E-state index in [2.05, 4.69) is 24.0 Å². The van der Waals surface area contributed by atoms with Crippen LogP contribution >= 0.6 is 29.9 Å². The third kappa shape index (κ3) is 4.79. The summed E-state index contributed by atoms with van der Waals surface area (Å²) in [6.07, 6.45) is 1.86. The third-order valence-electron chi connectivity index (χ3n) is 2.98. The monoisotopic (exact) mass is 338 g/mol. The molecule has 0 aliphatic carbocycles. The summed E-state index contributed by atoms with van der Waals surface area (Å²) < 4.78 is 22.8. The van der Waals surface area contributed by atoms with Crippen molar-refractivity contribution in [1.82, 2.24) is 0 Å². The predicted molar refractivity (Wildman–Crippen MR) is 89.9 cm³/mol. The molecule has 0 aromatic carbocycles. The van der Waals surface area contributed by atoms with Gasteiger partial charge in [-0.1, -0.05) is 25.6 Å². The van der Waals surface area contributed by atoms with E-state index < -0.39 is 6.80 Å². The fourth-order valence-electron chi connectivity index (χ4n) is 1.46. The van der Waals surface area contributed by atoms with Crippen LogP contribution in [-0.2, 0) is 13.7 Å². The van der Waals surface area contributed by atoms with Gasteiger partial charge in [0.15, 0.2) is 0 Å². The Balaban J connectivity index is 2.73. The van der Waals surface area contributed by atoms with Gasteiger partial charge in [0.2, 0.25) is 5.17 Å². The standard InChI is InChI=1S/C12H23N2O3PS2/c1-6-9-19-18(15,16-8-3)17-14-11-13-10(4)12(5,7-2)20-11/h6-9H2,1-5H3/b14-11+. The van der Waals surface area contributed by atoms with Crippen molar-refractivity contribution in [2.75, 3.05) is 12.4 Å². The van der Waals surface area contributed by atoms with Gasteiger partial charge in [-0.2, -0.15) is 0 Å². The highest BCUT2D eigenvalue weighted by atomic mass is 32.7. The summed E-state index contributed by atoms with van der Waals surface area (Å²) in [6, 6.07) is 0. The van der Waals surface area contributed by atoms with Gasteiger partial charge in [-0.3, -0.25) is 4.52 Å². The van der Waals surface area contributed by atoms with E-state index in [0.29, 0.717) is 17.5 Å². The first-order chi connectivity index (χ1) is 9.39. The molecule has 0 aromatic rings. The van der Waals surface area contributed by atoms with Crippen molar-refractivity contribution >= 4 is 40.8 Å².